The number of thiophene rings is 1. The van der Waals surface area contributed by atoms with E-state index in [1.165, 1.54) is 4.88 Å². The molecule has 0 aliphatic heterocycles. The zero-order chi connectivity index (χ0) is 13.5. The highest BCUT2D eigenvalue weighted by atomic mass is 32.1. The third-order valence-corrected chi connectivity index (χ3v) is 3.53. The van der Waals surface area contributed by atoms with Crippen LogP contribution in [0.5, 0.6) is 11.5 Å². The van der Waals surface area contributed by atoms with Crippen molar-refractivity contribution in [3.63, 3.8) is 0 Å². The van der Waals surface area contributed by atoms with Gasteiger partial charge in [-0.3, -0.25) is 4.79 Å². The number of hydrogen-bond donors (Lipinski definition) is 0. The van der Waals surface area contributed by atoms with E-state index in [1.54, 1.807) is 29.5 Å². The second kappa shape index (κ2) is 6.95. The van der Waals surface area contributed by atoms with Crippen molar-refractivity contribution >= 4 is 17.6 Å². The van der Waals surface area contributed by atoms with Crippen LogP contribution in [-0.4, -0.2) is 19.5 Å². The number of aldehydes is 1. The van der Waals surface area contributed by atoms with Crippen LogP contribution in [0.2, 0.25) is 0 Å². The highest BCUT2D eigenvalue weighted by Gasteiger charge is 2.06. The summed E-state index contributed by atoms with van der Waals surface area (Å²) in [6.45, 7) is 3.05. The summed E-state index contributed by atoms with van der Waals surface area (Å²) in [6.07, 6.45) is 1.68. The molecule has 1 aromatic heterocycles. The van der Waals surface area contributed by atoms with Gasteiger partial charge in [0.25, 0.3) is 0 Å². The zero-order valence-corrected chi connectivity index (χ0v) is 11.6. The van der Waals surface area contributed by atoms with Crippen molar-refractivity contribution < 1.29 is 14.3 Å². The molecular weight excluding hydrogens is 260 g/mol. The summed E-state index contributed by atoms with van der Waals surface area (Å²) in [7, 11) is 0. The van der Waals surface area contributed by atoms with Gasteiger partial charge in [-0.1, -0.05) is 6.07 Å². The van der Waals surface area contributed by atoms with Crippen molar-refractivity contribution in [3.8, 4) is 11.5 Å². The topological polar surface area (TPSA) is 35.5 Å². The van der Waals surface area contributed by atoms with Gasteiger partial charge in [0.15, 0.2) is 11.5 Å². The average Bonchev–Trinajstić information content (AvgIpc) is 2.94. The molecule has 0 aliphatic carbocycles. The fourth-order valence-corrected chi connectivity index (χ4v) is 2.39. The Morgan fingerprint density at radius 2 is 2.11 bits per heavy atom. The maximum absolute atomic E-state index is 10.7. The molecule has 19 heavy (non-hydrogen) atoms. The van der Waals surface area contributed by atoms with Crippen LogP contribution in [0.25, 0.3) is 0 Å². The molecule has 100 valence electrons. The summed E-state index contributed by atoms with van der Waals surface area (Å²) >= 11 is 1.72. The average molecular weight is 276 g/mol. The number of benzene rings is 1. The van der Waals surface area contributed by atoms with Crippen LogP contribution in [0.1, 0.15) is 22.2 Å². The van der Waals surface area contributed by atoms with E-state index in [9.17, 15) is 4.79 Å². The highest BCUT2D eigenvalue weighted by Crippen LogP contribution is 2.28. The van der Waals surface area contributed by atoms with Crippen molar-refractivity contribution in [2.45, 2.75) is 13.3 Å². The van der Waals surface area contributed by atoms with Crippen LogP contribution in [0.4, 0.5) is 0 Å². The molecule has 1 aromatic carbocycles. The third-order valence-electron chi connectivity index (χ3n) is 2.59. The number of rotatable bonds is 7. The molecule has 0 saturated carbocycles. The maximum atomic E-state index is 10.7. The second-order valence-corrected chi connectivity index (χ2v) is 4.97. The summed E-state index contributed by atoms with van der Waals surface area (Å²) in [4.78, 5) is 12.0. The zero-order valence-electron chi connectivity index (χ0n) is 10.8. The molecule has 0 saturated heterocycles. The van der Waals surface area contributed by atoms with Gasteiger partial charge in [-0.15, -0.1) is 11.3 Å². The lowest BCUT2D eigenvalue weighted by Crippen LogP contribution is -2.03. The van der Waals surface area contributed by atoms with Crippen LogP contribution >= 0.6 is 11.3 Å². The number of carbonyl (C=O) groups excluding carboxylic acids is 1. The summed E-state index contributed by atoms with van der Waals surface area (Å²) in [5.74, 6) is 1.31. The molecule has 0 amide bonds. The summed E-state index contributed by atoms with van der Waals surface area (Å²) < 4.78 is 11.2. The molecule has 1 heterocycles. The molecule has 4 heteroatoms. The van der Waals surface area contributed by atoms with E-state index < -0.39 is 0 Å². The van der Waals surface area contributed by atoms with Gasteiger partial charge in [0, 0.05) is 16.9 Å². The normalized spacial score (nSPS) is 10.2. The largest absolute Gasteiger partial charge is 0.490 e. The lowest BCUT2D eigenvalue weighted by molar-refractivity contribution is 0.112. The monoisotopic (exact) mass is 276 g/mol. The van der Waals surface area contributed by atoms with Crippen LogP contribution in [0.3, 0.4) is 0 Å². The van der Waals surface area contributed by atoms with Crippen molar-refractivity contribution in [1.29, 1.82) is 0 Å². The molecule has 0 aliphatic rings. The third kappa shape index (κ3) is 3.83. The number of carbonyl (C=O) groups is 1. The van der Waals surface area contributed by atoms with Crippen molar-refractivity contribution in [2.75, 3.05) is 13.2 Å². The van der Waals surface area contributed by atoms with Crippen LogP contribution in [0, 0.1) is 0 Å². The Bertz CT molecular complexity index is 520. The van der Waals surface area contributed by atoms with Crippen molar-refractivity contribution in [2.24, 2.45) is 0 Å². The van der Waals surface area contributed by atoms with Gasteiger partial charge in [0.2, 0.25) is 0 Å². The first-order valence-corrected chi connectivity index (χ1v) is 7.08. The highest BCUT2D eigenvalue weighted by molar-refractivity contribution is 7.09. The molecular formula is C15H16O3S. The minimum absolute atomic E-state index is 0.545. The fraction of sp³-hybridized carbons (Fsp3) is 0.267. The van der Waals surface area contributed by atoms with Gasteiger partial charge in [-0.05, 0) is 36.6 Å². The Labute approximate surface area is 116 Å². The summed E-state index contributed by atoms with van der Waals surface area (Å²) in [5.41, 5.74) is 0.592. The van der Waals surface area contributed by atoms with E-state index in [0.717, 1.165) is 12.7 Å². The first-order chi connectivity index (χ1) is 9.33. The number of hydrogen-bond acceptors (Lipinski definition) is 4. The van der Waals surface area contributed by atoms with Crippen LogP contribution in [0.15, 0.2) is 35.7 Å². The van der Waals surface area contributed by atoms with Gasteiger partial charge in [0.1, 0.15) is 6.29 Å². The van der Waals surface area contributed by atoms with Gasteiger partial charge >= 0.3 is 0 Å². The molecule has 2 aromatic rings. The van der Waals surface area contributed by atoms with Crippen molar-refractivity contribution in [1.82, 2.24) is 0 Å². The first-order valence-electron chi connectivity index (χ1n) is 6.20. The molecule has 0 radical (unpaired) electrons. The predicted molar refractivity (Wildman–Crippen MR) is 76.5 cm³/mol. The fourth-order valence-electron chi connectivity index (χ4n) is 1.70. The molecule has 0 unspecified atom stereocenters. The van der Waals surface area contributed by atoms with Crippen LogP contribution in [-0.2, 0) is 6.42 Å². The Hall–Kier alpha value is -1.81. The quantitative estimate of drug-likeness (QED) is 0.725. The van der Waals surface area contributed by atoms with E-state index in [-0.39, 0.29) is 0 Å². The number of ether oxygens (including phenoxy) is 2. The molecule has 0 N–H and O–H groups in total. The summed E-state index contributed by atoms with van der Waals surface area (Å²) in [5, 5.41) is 2.06. The molecule has 0 fully saturated rings. The SMILES string of the molecule is CCOc1cc(C=O)ccc1OCCc1cccs1. The standard InChI is InChI=1S/C15H16O3S/c1-2-17-15-10-12(11-16)5-6-14(15)18-8-7-13-4-3-9-19-13/h3-6,9-11H,2,7-8H2,1H3. The maximum Gasteiger partial charge on any atom is 0.161 e. The second-order valence-electron chi connectivity index (χ2n) is 3.93. The van der Waals surface area contributed by atoms with E-state index in [4.69, 9.17) is 9.47 Å². The lowest BCUT2D eigenvalue weighted by atomic mass is 10.2. The molecule has 0 bridgehead atoms. The Kier molecular flexibility index (Phi) is 4.98. The van der Waals surface area contributed by atoms with Gasteiger partial charge in [-0.25, -0.2) is 0 Å². The van der Waals surface area contributed by atoms with E-state index >= 15 is 0 Å². The molecule has 2 rings (SSSR count). The smallest absolute Gasteiger partial charge is 0.161 e. The predicted octanol–water partition coefficient (Wildman–Crippen LogP) is 3.58. The van der Waals surface area contributed by atoms with Gasteiger partial charge in [0.05, 0.1) is 13.2 Å². The van der Waals surface area contributed by atoms with Crippen LogP contribution < -0.4 is 9.47 Å². The van der Waals surface area contributed by atoms with Crippen molar-refractivity contribution in [3.05, 3.63) is 46.2 Å². The van der Waals surface area contributed by atoms with E-state index in [0.29, 0.717) is 30.3 Å². The minimum Gasteiger partial charge on any atom is -0.490 e. The van der Waals surface area contributed by atoms with Gasteiger partial charge in [-0.2, -0.15) is 0 Å². The minimum atomic E-state index is 0.545. The Morgan fingerprint density at radius 1 is 1.21 bits per heavy atom. The molecule has 3 nitrogen and oxygen atoms in total. The summed E-state index contributed by atoms with van der Waals surface area (Å²) in [6, 6.07) is 9.34. The van der Waals surface area contributed by atoms with E-state index in [2.05, 4.69) is 11.4 Å². The Balaban J connectivity index is 2.00. The Morgan fingerprint density at radius 3 is 2.79 bits per heavy atom. The lowest BCUT2D eigenvalue weighted by Gasteiger charge is -2.11. The van der Waals surface area contributed by atoms with E-state index in [1.807, 2.05) is 13.0 Å². The molecule has 0 atom stereocenters. The molecule has 0 spiro atoms. The first kappa shape index (κ1) is 13.6. The van der Waals surface area contributed by atoms with Gasteiger partial charge < -0.3 is 9.47 Å².